The molecule has 118 valence electrons. The molecule has 1 aliphatic heterocycles. The Kier molecular flexibility index (Phi) is 3.76. The summed E-state index contributed by atoms with van der Waals surface area (Å²) in [5, 5.41) is 4.07. The smallest absolute Gasteiger partial charge is 0.264 e. The van der Waals surface area contributed by atoms with E-state index in [1.54, 1.807) is 36.3 Å². The highest BCUT2D eigenvalue weighted by Crippen LogP contribution is 2.42. The first kappa shape index (κ1) is 14.8. The third kappa shape index (κ3) is 2.53. The molecule has 0 N–H and O–H groups in total. The van der Waals surface area contributed by atoms with Gasteiger partial charge in [-0.1, -0.05) is 0 Å². The maximum atomic E-state index is 13.5. The molecule has 0 saturated heterocycles. The first-order valence-corrected chi connectivity index (χ1v) is 7.32. The number of fused-ring (bicyclic) bond motifs is 1. The van der Waals surface area contributed by atoms with Gasteiger partial charge < -0.3 is 9.64 Å². The zero-order valence-corrected chi connectivity index (χ0v) is 12.9. The second kappa shape index (κ2) is 5.59. The van der Waals surface area contributed by atoms with Crippen LogP contribution in [0.15, 0.2) is 24.5 Å². The number of hydrogen-bond donors (Lipinski definition) is 0. The molecule has 0 atom stereocenters. The van der Waals surface area contributed by atoms with Gasteiger partial charge in [0, 0.05) is 30.4 Å². The number of alkyl halides is 2. The number of aromatic nitrogens is 2. The highest BCUT2D eigenvalue weighted by molar-refractivity contribution is 5.75. The van der Waals surface area contributed by atoms with Crippen LogP contribution >= 0.6 is 0 Å². The Bertz CT molecular complexity index is 682. The van der Waals surface area contributed by atoms with Crippen LogP contribution in [0.5, 0.6) is 5.75 Å². The molecule has 0 saturated carbocycles. The number of rotatable bonds is 3. The van der Waals surface area contributed by atoms with Gasteiger partial charge in [0.2, 0.25) is 0 Å². The predicted molar refractivity (Wildman–Crippen MR) is 81.6 cm³/mol. The molecule has 0 fully saturated rings. The van der Waals surface area contributed by atoms with Crippen molar-refractivity contribution >= 4 is 5.69 Å². The quantitative estimate of drug-likeness (QED) is 0.867. The molecule has 0 amide bonds. The van der Waals surface area contributed by atoms with E-state index >= 15 is 0 Å². The number of hydrogen-bond acceptors (Lipinski definition) is 3. The molecule has 3 rings (SSSR count). The minimum absolute atomic E-state index is 0.0166. The summed E-state index contributed by atoms with van der Waals surface area (Å²) in [5.74, 6) is 0.656. The van der Waals surface area contributed by atoms with Crippen LogP contribution < -0.4 is 9.64 Å². The maximum absolute atomic E-state index is 13.5. The summed E-state index contributed by atoms with van der Waals surface area (Å²) in [6.07, 6.45) is 0.782. The SMILES string of the molecule is CC(C)N1CCOc2cc(-c3cnn(C)c3)c(C(F)F)cc21. The number of aryl methyl sites for hydroxylation is 1. The van der Waals surface area contributed by atoms with Crippen LogP contribution in [0, 0.1) is 0 Å². The zero-order valence-electron chi connectivity index (χ0n) is 12.9. The molecule has 22 heavy (non-hydrogen) atoms. The lowest BCUT2D eigenvalue weighted by molar-refractivity contribution is 0.152. The van der Waals surface area contributed by atoms with Gasteiger partial charge in [0.25, 0.3) is 6.43 Å². The number of anilines is 1. The van der Waals surface area contributed by atoms with Crippen LogP contribution in [0.25, 0.3) is 11.1 Å². The summed E-state index contributed by atoms with van der Waals surface area (Å²) < 4.78 is 34.4. The Morgan fingerprint density at radius 2 is 2.05 bits per heavy atom. The Morgan fingerprint density at radius 3 is 2.64 bits per heavy atom. The van der Waals surface area contributed by atoms with E-state index < -0.39 is 6.43 Å². The molecule has 0 aliphatic carbocycles. The fourth-order valence-electron chi connectivity index (χ4n) is 2.83. The molecule has 1 aromatic carbocycles. The van der Waals surface area contributed by atoms with E-state index in [0.29, 0.717) is 30.0 Å². The number of benzene rings is 1. The second-order valence-electron chi connectivity index (χ2n) is 5.75. The summed E-state index contributed by atoms with van der Waals surface area (Å²) in [4.78, 5) is 2.09. The molecule has 0 unspecified atom stereocenters. The van der Waals surface area contributed by atoms with Crippen molar-refractivity contribution in [1.29, 1.82) is 0 Å². The maximum Gasteiger partial charge on any atom is 0.264 e. The van der Waals surface area contributed by atoms with E-state index in [-0.39, 0.29) is 11.6 Å². The van der Waals surface area contributed by atoms with E-state index in [2.05, 4.69) is 10.00 Å². The van der Waals surface area contributed by atoms with Crippen molar-refractivity contribution < 1.29 is 13.5 Å². The van der Waals surface area contributed by atoms with Crippen LogP contribution in [0.1, 0.15) is 25.8 Å². The molecule has 1 aromatic heterocycles. The normalized spacial score (nSPS) is 14.4. The summed E-state index contributed by atoms with van der Waals surface area (Å²) in [5.41, 5.74) is 1.91. The van der Waals surface area contributed by atoms with Crippen molar-refractivity contribution in [2.45, 2.75) is 26.3 Å². The Hall–Kier alpha value is -2.11. The molecule has 4 nitrogen and oxygen atoms in total. The second-order valence-corrected chi connectivity index (χ2v) is 5.75. The van der Waals surface area contributed by atoms with Gasteiger partial charge in [-0.2, -0.15) is 5.10 Å². The average molecular weight is 307 g/mol. The van der Waals surface area contributed by atoms with Crippen molar-refractivity contribution in [3.63, 3.8) is 0 Å². The van der Waals surface area contributed by atoms with E-state index in [1.165, 1.54) is 0 Å². The fourth-order valence-corrected chi connectivity index (χ4v) is 2.83. The third-order valence-electron chi connectivity index (χ3n) is 3.90. The molecule has 0 radical (unpaired) electrons. The first-order chi connectivity index (χ1) is 10.5. The highest BCUT2D eigenvalue weighted by Gasteiger charge is 2.25. The third-order valence-corrected chi connectivity index (χ3v) is 3.90. The van der Waals surface area contributed by atoms with Crippen LogP contribution in [0.4, 0.5) is 14.5 Å². The molecular formula is C16H19F2N3O. The van der Waals surface area contributed by atoms with Gasteiger partial charge >= 0.3 is 0 Å². The van der Waals surface area contributed by atoms with Crippen molar-refractivity contribution in [2.75, 3.05) is 18.1 Å². The minimum atomic E-state index is -2.54. The zero-order chi connectivity index (χ0) is 15.9. The molecule has 6 heteroatoms. The Morgan fingerprint density at radius 1 is 1.27 bits per heavy atom. The van der Waals surface area contributed by atoms with Crippen LogP contribution in [0.3, 0.4) is 0 Å². The summed E-state index contributed by atoms with van der Waals surface area (Å²) >= 11 is 0. The van der Waals surface area contributed by atoms with E-state index in [0.717, 1.165) is 5.69 Å². The van der Waals surface area contributed by atoms with Gasteiger partial charge in [-0.15, -0.1) is 0 Å². The minimum Gasteiger partial charge on any atom is -0.490 e. The monoisotopic (exact) mass is 307 g/mol. The van der Waals surface area contributed by atoms with Gasteiger partial charge in [-0.05, 0) is 31.5 Å². The molecule has 0 spiro atoms. The summed E-state index contributed by atoms with van der Waals surface area (Å²) in [7, 11) is 1.76. The van der Waals surface area contributed by atoms with E-state index in [9.17, 15) is 8.78 Å². The van der Waals surface area contributed by atoms with Crippen LogP contribution in [-0.2, 0) is 7.05 Å². The molecule has 2 heterocycles. The van der Waals surface area contributed by atoms with Gasteiger partial charge in [-0.3, -0.25) is 4.68 Å². The van der Waals surface area contributed by atoms with Gasteiger partial charge in [0.05, 0.1) is 18.4 Å². The number of ether oxygens (including phenoxy) is 1. The van der Waals surface area contributed by atoms with E-state index in [4.69, 9.17) is 4.74 Å². The number of halogens is 2. The predicted octanol–water partition coefficient (Wildman–Crippen LogP) is 3.63. The van der Waals surface area contributed by atoms with Crippen LogP contribution in [0.2, 0.25) is 0 Å². The Balaban J connectivity index is 2.16. The fraction of sp³-hybridized carbons (Fsp3) is 0.438. The largest absolute Gasteiger partial charge is 0.490 e. The molecule has 0 bridgehead atoms. The van der Waals surface area contributed by atoms with Crippen molar-refractivity contribution in [2.24, 2.45) is 7.05 Å². The van der Waals surface area contributed by atoms with E-state index in [1.807, 2.05) is 13.8 Å². The lowest BCUT2D eigenvalue weighted by Gasteiger charge is -2.35. The standard InChI is InChI=1S/C16H19F2N3O/c1-10(2)21-4-5-22-15-7-12(11-8-19-20(3)9-11)13(16(17)18)6-14(15)21/h6-10,16H,4-5H2,1-3H3. The Labute approximate surface area is 128 Å². The molecular weight excluding hydrogens is 288 g/mol. The molecule has 2 aromatic rings. The van der Waals surface area contributed by atoms with Crippen molar-refractivity contribution in [3.8, 4) is 16.9 Å². The van der Waals surface area contributed by atoms with Crippen molar-refractivity contribution in [3.05, 3.63) is 30.1 Å². The summed E-state index contributed by atoms with van der Waals surface area (Å²) in [6.45, 7) is 5.36. The average Bonchev–Trinajstić information content (AvgIpc) is 2.91. The van der Waals surface area contributed by atoms with Gasteiger partial charge in [0.1, 0.15) is 12.4 Å². The lowest BCUT2D eigenvalue weighted by Crippen LogP contribution is -2.38. The first-order valence-electron chi connectivity index (χ1n) is 7.32. The van der Waals surface area contributed by atoms with Gasteiger partial charge in [-0.25, -0.2) is 8.78 Å². The highest BCUT2D eigenvalue weighted by atomic mass is 19.3. The summed E-state index contributed by atoms with van der Waals surface area (Å²) in [6, 6.07) is 3.50. The molecule has 1 aliphatic rings. The van der Waals surface area contributed by atoms with Gasteiger partial charge in [0.15, 0.2) is 0 Å². The lowest BCUT2D eigenvalue weighted by atomic mass is 9.99. The van der Waals surface area contributed by atoms with Crippen molar-refractivity contribution in [1.82, 2.24) is 9.78 Å². The topological polar surface area (TPSA) is 30.3 Å². The number of nitrogens with zero attached hydrogens (tertiary/aromatic N) is 3. The van der Waals surface area contributed by atoms with Crippen LogP contribution in [-0.4, -0.2) is 29.0 Å².